The Morgan fingerprint density at radius 3 is 2.45 bits per heavy atom. The van der Waals surface area contributed by atoms with Gasteiger partial charge in [-0.2, -0.15) is 13.2 Å². The summed E-state index contributed by atoms with van der Waals surface area (Å²) < 4.78 is 43.2. The van der Waals surface area contributed by atoms with Crippen LogP contribution in [0.4, 0.5) is 13.2 Å². The number of halogens is 3. The molecule has 4 nitrogen and oxygen atoms in total. The van der Waals surface area contributed by atoms with Gasteiger partial charge in [0.25, 0.3) is 0 Å². The fraction of sp³-hybridized carbons (Fsp3) is 0.923. The molecule has 0 aromatic heterocycles. The molecule has 0 aromatic rings. The summed E-state index contributed by atoms with van der Waals surface area (Å²) in [6, 6.07) is -0.157. The summed E-state index contributed by atoms with van der Waals surface area (Å²) in [5.74, 6) is -2.09. The summed E-state index contributed by atoms with van der Waals surface area (Å²) in [4.78, 5) is 12.9. The lowest BCUT2D eigenvalue weighted by molar-refractivity contribution is -0.186. The van der Waals surface area contributed by atoms with E-state index in [1.54, 1.807) is 0 Å². The van der Waals surface area contributed by atoms with Gasteiger partial charge in [-0.3, -0.25) is 9.69 Å². The summed E-state index contributed by atoms with van der Waals surface area (Å²) in [6.07, 6.45) is -2.85. The molecule has 116 valence electrons. The second kappa shape index (κ2) is 6.30. The zero-order valence-corrected chi connectivity index (χ0v) is 11.2. The fourth-order valence-electron chi connectivity index (χ4n) is 3.26. The number of morpholine rings is 1. The third-order valence-corrected chi connectivity index (χ3v) is 4.31. The molecule has 1 unspecified atom stereocenters. The van der Waals surface area contributed by atoms with E-state index >= 15 is 0 Å². The first-order chi connectivity index (χ1) is 9.38. The molecule has 1 aliphatic carbocycles. The van der Waals surface area contributed by atoms with Crippen LogP contribution in [0.3, 0.4) is 0 Å². The van der Waals surface area contributed by atoms with Gasteiger partial charge in [0.05, 0.1) is 25.6 Å². The van der Waals surface area contributed by atoms with Crippen molar-refractivity contribution < 1.29 is 27.8 Å². The van der Waals surface area contributed by atoms with Crippen LogP contribution in [0.15, 0.2) is 0 Å². The number of nitrogens with zero attached hydrogens (tertiary/aromatic N) is 1. The first kappa shape index (κ1) is 15.6. The van der Waals surface area contributed by atoms with Crippen LogP contribution in [0.2, 0.25) is 0 Å². The minimum absolute atomic E-state index is 0.0147. The zero-order valence-electron chi connectivity index (χ0n) is 11.2. The number of carboxylic acid groups (broad SMARTS) is 1. The standard InChI is InChI=1S/C13H20F3NO3/c14-13(15,16)9-1-3-10(4-2-9)17-5-6-20-8-11(17)7-12(18)19/h9-11H,1-8H2,(H,18,19). The van der Waals surface area contributed by atoms with Crippen LogP contribution >= 0.6 is 0 Å². The van der Waals surface area contributed by atoms with Crippen molar-refractivity contribution in [3.63, 3.8) is 0 Å². The highest BCUT2D eigenvalue weighted by atomic mass is 19.4. The Balaban J connectivity index is 1.92. The van der Waals surface area contributed by atoms with Crippen LogP contribution in [0.5, 0.6) is 0 Å². The van der Waals surface area contributed by atoms with E-state index in [0.29, 0.717) is 32.6 Å². The number of rotatable bonds is 3. The summed E-state index contributed by atoms with van der Waals surface area (Å²) in [5.41, 5.74) is 0. The number of hydrogen-bond donors (Lipinski definition) is 1. The zero-order chi connectivity index (χ0) is 14.8. The molecule has 2 fully saturated rings. The second-order valence-electron chi connectivity index (χ2n) is 5.61. The average molecular weight is 295 g/mol. The van der Waals surface area contributed by atoms with Gasteiger partial charge >= 0.3 is 12.1 Å². The van der Waals surface area contributed by atoms with Crippen molar-refractivity contribution in [1.82, 2.24) is 4.90 Å². The van der Waals surface area contributed by atoms with Crippen molar-refractivity contribution in [2.75, 3.05) is 19.8 Å². The van der Waals surface area contributed by atoms with Gasteiger partial charge in [0.15, 0.2) is 0 Å². The van der Waals surface area contributed by atoms with Crippen LogP contribution in [-0.4, -0.2) is 54.0 Å². The molecule has 7 heteroatoms. The summed E-state index contributed by atoms with van der Waals surface area (Å²) >= 11 is 0. The van der Waals surface area contributed by atoms with E-state index in [9.17, 15) is 18.0 Å². The Labute approximate surface area is 115 Å². The first-order valence-corrected chi connectivity index (χ1v) is 7.00. The molecule has 1 atom stereocenters. The molecule has 0 radical (unpaired) electrons. The van der Waals surface area contributed by atoms with Crippen LogP contribution in [0, 0.1) is 5.92 Å². The van der Waals surface area contributed by atoms with Crippen molar-refractivity contribution >= 4 is 5.97 Å². The average Bonchev–Trinajstić information content (AvgIpc) is 2.38. The summed E-state index contributed by atoms with van der Waals surface area (Å²) in [7, 11) is 0. The van der Waals surface area contributed by atoms with Crippen molar-refractivity contribution in [1.29, 1.82) is 0 Å². The number of ether oxygens (including phenoxy) is 1. The lowest BCUT2D eigenvalue weighted by Gasteiger charge is -2.43. The van der Waals surface area contributed by atoms with Crippen LogP contribution in [0.1, 0.15) is 32.1 Å². The molecule has 20 heavy (non-hydrogen) atoms. The second-order valence-corrected chi connectivity index (χ2v) is 5.61. The lowest BCUT2D eigenvalue weighted by Crippen LogP contribution is -2.52. The number of alkyl halides is 3. The van der Waals surface area contributed by atoms with Gasteiger partial charge in [0.1, 0.15) is 0 Å². The molecule has 1 saturated carbocycles. The predicted molar refractivity (Wildman–Crippen MR) is 65.4 cm³/mol. The largest absolute Gasteiger partial charge is 0.481 e. The predicted octanol–water partition coefficient (Wildman–Crippen LogP) is 2.28. The van der Waals surface area contributed by atoms with Crippen LogP contribution < -0.4 is 0 Å². The van der Waals surface area contributed by atoms with Gasteiger partial charge in [0.2, 0.25) is 0 Å². The Morgan fingerprint density at radius 2 is 1.90 bits per heavy atom. The minimum atomic E-state index is -4.10. The fourth-order valence-corrected chi connectivity index (χ4v) is 3.26. The third-order valence-electron chi connectivity index (χ3n) is 4.31. The van der Waals surface area contributed by atoms with E-state index < -0.39 is 18.1 Å². The molecule has 1 aliphatic heterocycles. The van der Waals surface area contributed by atoms with Gasteiger partial charge in [0, 0.05) is 18.6 Å². The van der Waals surface area contributed by atoms with E-state index in [-0.39, 0.29) is 31.3 Å². The SMILES string of the molecule is O=C(O)CC1COCCN1C1CCC(C(F)(F)F)CC1. The molecule has 0 spiro atoms. The smallest absolute Gasteiger partial charge is 0.391 e. The third kappa shape index (κ3) is 3.85. The maximum Gasteiger partial charge on any atom is 0.391 e. The monoisotopic (exact) mass is 295 g/mol. The molecular formula is C13H20F3NO3. The van der Waals surface area contributed by atoms with Crippen molar-refractivity contribution in [2.45, 2.75) is 50.4 Å². The Morgan fingerprint density at radius 1 is 1.25 bits per heavy atom. The summed E-state index contributed by atoms with van der Waals surface area (Å²) in [5, 5.41) is 8.90. The molecule has 2 aliphatic rings. The van der Waals surface area contributed by atoms with Crippen LogP contribution in [0.25, 0.3) is 0 Å². The van der Waals surface area contributed by atoms with E-state index in [4.69, 9.17) is 9.84 Å². The quantitative estimate of drug-likeness (QED) is 0.868. The lowest BCUT2D eigenvalue weighted by atomic mass is 9.84. The topological polar surface area (TPSA) is 49.8 Å². The number of hydrogen-bond acceptors (Lipinski definition) is 3. The number of aliphatic carboxylic acids is 1. The van der Waals surface area contributed by atoms with E-state index in [0.717, 1.165) is 0 Å². The van der Waals surface area contributed by atoms with Gasteiger partial charge in [-0.05, 0) is 25.7 Å². The Bertz CT molecular complexity index is 340. The number of carbonyl (C=O) groups is 1. The first-order valence-electron chi connectivity index (χ1n) is 7.00. The molecule has 1 saturated heterocycles. The van der Waals surface area contributed by atoms with Gasteiger partial charge in [-0.1, -0.05) is 0 Å². The molecule has 0 amide bonds. The Kier molecular flexibility index (Phi) is 4.90. The van der Waals surface area contributed by atoms with Crippen molar-refractivity contribution in [2.24, 2.45) is 5.92 Å². The molecule has 2 rings (SSSR count). The van der Waals surface area contributed by atoms with Gasteiger partial charge in [-0.25, -0.2) is 0 Å². The van der Waals surface area contributed by atoms with Gasteiger partial charge in [-0.15, -0.1) is 0 Å². The molecular weight excluding hydrogens is 275 g/mol. The normalized spacial score (nSPS) is 33.0. The number of carboxylic acids is 1. The maximum atomic E-state index is 12.6. The highest BCUT2D eigenvalue weighted by molar-refractivity contribution is 5.67. The minimum Gasteiger partial charge on any atom is -0.481 e. The molecule has 1 N–H and O–H groups in total. The van der Waals surface area contributed by atoms with Gasteiger partial charge < -0.3 is 9.84 Å². The van der Waals surface area contributed by atoms with Crippen LogP contribution in [-0.2, 0) is 9.53 Å². The highest BCUT2D eigenvalue weighted by Gasteiger charge is 2.43. The Hall–Kier alpha value is -0.820. The molecule has 0 bridgehead atoms. The van der Waals surface area contributed by atoms with E-state index in [1.807, 2.05) is 4.90 Å². The van der Waals surface area contributed by atoms with Crippen molar-refractivity contribution in [3.8, 4) is 0 Å². The maximum absolute atomic E-state index is 12.6. The highest BCUT2D eigenvalue weighted by Crippen LogP contribution is 2.39. The molecule has 1 heterocycles. The van der Waals surface area contributed by atoms with E-state index in [2.05, 4.69) is 0 Å². The van der Waals surface area contributed by atoms with Crippen molar-refractivity contribution in [3.05, 3.63) is 0 Å². The molecule has 0 aromatic carbocycles. The summed E-state index contributed by atoms with van der Waals surface area (Å²) in [6.45, 7) is 1.49. The van der Waals surface area contributed by atoms with E-state index in [1.165, 1.54) is 0 Å².